The Morgan fingerprint density at radius 2 is 2.11 bits per heavy atom. The fourth-order valence-corrected chi connectivity index (χ4v) is 6.92. The number of rotatable bonds is 13. The largest absolute Gasteiger partial charge is 0.478 e. The second-order valence-electron chi connectivity index (χ2n) is 10.2. The molecule has 45 heavy (non-hydrogen) atoms. The number of thiazole rings is 1. The summed E-state index contributed by atoms with van der Waals surface area (Å²) in [6, 6.07) is 4.66. The van der Waals surface area contributed by atoms with Gasteiger partial charge >= 0.3 is 11.9 Å². The van der Waals surface area contributed by atoms with Gasteiger partial charge in [-0.25, -0.2) is 14.6 Å². The predicted octanol–water partition coefficient (Wildman–Crippen LogP) is 0.349. The van der Waals surface area contributed by atoms with E-state index in [4.69, 9.17) is 15.7 Å². The molecule has 3 aromatic heterocycles. The van der Waals surface area contributed by atoms with Crippen molar-refractivity contribution in [1.29, 1.82) is 0 Å². The van der Waals surface area contributed by atoms with Crippen LogP contribution in [0.3, 0.4) is 0 Å². The zero-order chi connectivity index (χ0) is 32.4. The molecular weight excluding hydrogens is 631 g/mol. The number of carboxylic acid groups (broad SMARTS) is 2. The normalized spacial score (nSPS) is 18.9. The molecule has 0 aromatic carbocycles. The van der Waals surface area contributed by atoms with Crippen LogP contribution in [0.25, 0.3) is 11.0 Å². The van der Waals surface area contributed by atoms with E-state index in [9.17, 15) is 28.7 Å². The first-order valence-electron chi connectivity index (χ1n) is 13.7. The number of aromatic nitrogens is 3. The number of pyridine rings is 1. The van der Waals surface area contributed by atoms with Crippen molar-refractivity contribution in [3.05, 3.63) is 52.7 Å². The fourth-order valence-electron chi connectivity index (χ4n) is 5.03. The smallest absolute Gasteiger partial charge is 0.352 e. The van der Waals surface area contributed by atoms with Crippen LogP contribution < -0.4 is 20.9 Å². The maximum Gasteiger partial charge on any atom is 0.352 e. The Hall–Kier alpha value is -4.55. The minimum Gasteiger partial charge on any atom is -0.478 e. The van der Waals surface area contributed by atoms with Gasteiger partial charge in [0.25, 0.3) is 11.8 Å². The maximum atomic E-state index is 14.5. The summed E-state index contributed by atoms with van der Waals surface area (Å²) in [6.07, 6.45) is 3.29. The number of aliphatic carboxylic acids is 2. The SMILES string of the molecule is CNCCCn1ccc2c1ccc[n+]2CC1=C(C(=O)O)N2C(=O)[C@@H](NC(=O)/C(=N\O[C@@H](C)C(=O)O)c3nc(N)sc3F)[C@H]2SC1. The molecule has 5 heterocycles. The summed E-state index contributed by atoms with van der Waals surface area (Å²) in [5.41, 5.74) is 6.50. The van der Waals surface area contributed by atoms with Crippen molar-refractivity contribution in [3.8, 4) is 0 Å². The van der Waals surface area contributed by atoms with Gasteiger partial charge < -0.3 is 36.0 Å². The Kier molecular flexibility index (Phi) is 9.35. The molecule has 0 aliphatic carbocycles. The summed E-state index contributed by atoms with van der Waals surface area (Å²) in [5, 5.41) is 26.4. The van der Waals surface area contributed by atoms with Crippen LogP contribution in [0.1, 0.15) is 19.0 Å². The second-order valence-corrected chi connectivity index (χ2v) is 12.3. The summed E-state index contributed by atoms with van der Waals surface area (Å²) in [7, 11) is 1.90. The number of oxime groups is 1. The molecule has 3 aromatic rings. The third-order valence-corrected chi connectivity index (χ3v) is 9.24. The van der Waals surface area contributed by atoms with Crippen molar-refractivity contribution >= 4 is 68.7 Å². The van der Waals surface area contributed by atoms with Gasteiger partial charge in [-0.1, -0.05) is 16.5 Å². The predicted molar refractivity (Wildman–Crippen MR) is 162 cm³/mol. The molecule has 1 saturated heterocycles. The van der Waals surface area contributed by atoms with Gasteiger partial charge in [0.2, 0.25) is 16.8 Å². The number of β-lactam (4-membered cyclic amide) rings is 1. The maximum absolute atomic E-state index is 14.5. The molecule has 15 nitrogen and oxygen atoms in total. The summed E-state index contributed by atoms with van der Waals surface area (Å²) < 4.78 is 18.6. The molecule has 0 spiro atoms. The van der Waals surface area contributed by atoms with Crippen molar-refractivity contribution in [2.24, 2.45) is 5.16 Å². The number of carboxylic acids is 2. The van der Waals surface area contributed by atoms with Crippen LogP contribution in [0.15, 0.2) is 47.0 Å². The third kappa shape index (κ3) is 6.34. The summed E-state index contributed by atoms with van der Waals surface area (Å²) in [4.78, 5) is 59.8. The Balaban J connectivity index is 1.36. The van der Waals surface area contributed by atoms with E-state index in [-0.39, 0.29) is 23.1 Å². The number of hydrogen-bond acceptors (Lipinski definition) is 11. The van der Waals surface area contributed by atoms with Crippen LogP contribution in [0.5, 0.6) is 0 Å². The van der Waals surface area contributed by atoms with E-state index in [1.54, 1.807) is 0 Å². The number of fused-ring (bicyclic) bond motifs is 2. The lowest BCUT2D eigenvalue weighted by Gasteiger charge is -2.49. The van der Waals surface area contributed by atoms with Crippen LogP contribution >= 0.6 is 23.1 Å². The number of nitrogen functional groups attached to an aromatic ring is 1. The molecule has 0 saturated carbocycles. The number of halogens is 1. The molecule has 18 heteroatoms. The number of nitrogens with two attached hydrogens (primary N) is 1. The quantitative estimate of drug-likeness (QED) is 0.0556. The highest BCUT2D eigenvalue weighted by molar-refractivity contribution is 8.00. The molecular formula is C27H30FN8O7S2+. The first kappa shape index (κ1) is 31.9. The molecule has 238 valence electrons. The number of thioether (sulfide) groups is 1. The standard InChI is InChI=1S/C27H29FN8O7S2/c1-13(25(39)40)43-33-18(17-21(28)45-27(29)32-17)22(37)31-19-23(38)36-20(26(41)42)14(12-44-24(19)36)11-35-8-3-5-15-16(35)6-10-34(15)9-4-7-30-2/h3,5-6,8,10,13,19,24,30H,4,7,9,11-12H2,1-2H3,(H4-,29,31,32,37,39,40,41,42)/p+1/b33-18-/t13-,19+,24+/m0/s1. The average Bonchev–Trinajstić information content (AvgIpc) is 3.57. The number of aryl methyl sites for hydroxylation is 1. The topological polar surface area (TPSA) is 205 Å². The molecule has 2 aliphatic rings. The van der Waals surface area contributed by atoms with E-state index in [1.165, 1.54) is 11.8 Å². The molecule has 2 amide bonds. The second kappa shape index (κ2) is 13.2. The number of amides is 2. The highest BCUT2D eigenvalue weighted by Crippen LogP contribution is 2.40. The number of carbonyl (C=O) groups is 4. The van der Waals surface area contributed by atoms with Crippen LogP contribution in [0.4, 0.5) is 9.52 Å². The Bertz CT molecular complexity index is 1740. The monoisotopic (exact) mass is 661 g/mol. The highest BCUT2D eigenvalue weighted by Gasteiger charge is 2.55. The van der Waals surface area contributed by atoms with Gasteiger partial charge in [-0.3, -0.25) is 14.5 Å². The fraction of sp³-hybridized carbons (Fsp3) is 0.370. The van der Waals surface area contributed by atoms with Crippen molar-refractivity contribution in [2.45, 2.75) is 44.0 Å². The van der Waals surface area contributed by atoms with Crippen molar-refractivity contribution in [3.63, 3.8) is 0 Å². The molecule has 6 N–H and O–H groups in total. The van der Waals surface area contributed by atoms with Gasteiger partial charge in [0.05, 0.1) is 0 Å². The Morgan fingerprint density at radius 3 is 2.78 bits per heavy atom. The van der Waals surface area contributed by atoms with Crippen molar-refractivity contribution < 1.29 is 43.2 Å². The number of hydrogen-bond donors (Lipinski definition) is 5. The first-order chi connectivity index (χ1) is 21.5. The van der Waals surface area contributed by atoms with Crippen LogP contribution in [-0.2, 0) is 37.1 Å². The number of nitrogens with zero attached hydrogens (tertiary/aromatic N) is 5. The van der Waals surface area contributed by atoms with E-state index in [0.29, 0.717) is 16.9 Å². The Morgan fingerprint density at radius 1 is 1.33 bits per heavy atom. The lowest BCUT2D eigenvalue weighted by Crippen LogP contribution is -2.71. The van der Waals surface area contributed by atoms with Gasteiger partial charge in [0.15, 0.2) is 23.6 Å². The minimum absolute atomic E-state index is 0.168. The summed E-state index contributed by atoms with van der Waals surface area (Å²) in [5.74, 6) is -4.19. The number of anilines is 1. The van der Waals surface area contributed by atoms with E-state index in [2.05, 4.69) is 25.3 Å². The van der Waals surface area contributed by atoms with E-state index < -0.39 is 57.8 Å². The number of carbonyl (C=O) groups excluding carboxylic acids is 2. The molecule has 0 unspecified atom stereocenters. The highest BCUT2D eigenvalue weighted by atomic mass is 32.2. The van der Waals surface area contributed by atoms with Gasteiger partial charge in [-0.15, -0.1) is 11.8 Å². The first-order valence-corrected chi connectivity index (χ1v) is 15.6. The molecule has 2 aliphatic heterocycles. The van der Waals surface area contributed by atoms with Crippen LogP contribution in [0.2, 0.25) is 0 Å². The molecule has 0 radical (unpaired) electrons. The zero-order valence-corrected chi connectivity index (χ0v) is 25.7. The minimum atomic E-state index is -1.48. The molecule has 0 bridgehead atoms. The van der Waals surface area contributed by atoms with Gasteiger partial charge in [0.1, 0.15) is 28.3 Å². The Labute approximate surface area is 263 Å². The molecule has 1 fully saturated rings. The summed E-state index contributed by atoms with van der Waals surface area (Å²) in [6.45, 7) is 3.05. The van der Waals surface area contributed by atoms with Gasteiger partial charge in [0, 0.05) is 36.2 Å². The summed E-state index contributed by atoms with van der Waals surface area (Å²) >= 11 is 1.70. The van der Waals surface area contributed by atoms with E-state index in [0.717, 1.165) is 42.4 Å². The third-order valence-electron chi connectivity index (χ3n) is 7.23. The number of nitrogens with one attached hydrogen (secondary N) is 2. The lowest BCUT2D eigenvalue weighted by molar-refractivity contribution is -0.663. The van der Waals surface area contributed by atoms with Crippen LogP contribution in [-0.4, -0.2) is 91.0 Å². The average molecular weight is 662 g/mol. The van der Waals surface area contributed by atoms with Crippen LogP contribution in [0, 0.1) is 5.13 Å². The van der Waals surface area contributed by atoms with Crippen molar-refractivity contribution in [2.75, 3.05) is 25.1 Å². The molecule has 5 rings (SSSR count). The molecule has 3 atom stereocenters. The van der Waals surface area contributed by atoms with E-state index >= 15 is 0 Å². The lowest BCUT2D eigenvalue weighted by atomic mass is 10.0. The van der Waals surface area contributed by atoms with Gasteiger partial charge in [-0.05, 0) is 33.0 Å². The zero-order valence-electron chi connectivity index (χ0n) is 24.1. The van der Waals surface area contributed by atoms with Gasteiger partial charge in [-0.2, -0.15) is 8.96 Å². The van der Waals surface area contributed by atoms with Crippen molar-refractivity contribution in [1.82, 2.24) is 25.1 Å². The van der Waals surface area contributed by atoms with E-state index in [1.807, 2.05) is 42.2 Å².